The van der Waals surface area contributed by atoms with Crippen LogP contribution in [0.1, 0.15) is 26.2 Å². The van der Waals surface area contributed by atoms with E-state index in [1.54, 1.807) is 0 Å². The molecule has 4 nitrogen and oxygen atoms in total. The van der Waals surface area contributed by atoms with Crippen molar-refractivity contribution in [1.29, 1.82) is 0 Å². The van der Waals surface area contributed by atoms with Gasteiger partial charge in [0.15, 0.2) is 0 Å². The number of nitrogens with one attached hydrogen (secondary N) is 1. The molecule has 2 N–H and O–H groups in total. The Kier molecular flexibility index (Phi) is 3.26. The quantitative estimate of drug-likeness (QED) is 0.716. The summed E-state index contributed by atoms with van der Waals surface area (Å²) in [5, 5.41) is 12.2. The lowest BCUT2D eigenvalue weighted by atomic mass is 9.90. The first-order valence-electron chi connectivity index (χ1n) is 5.86. The summed E-state index contributed by atoms with van der Waals surface area (Å²) in [6.07, 6.45) is 2.78. The molecular formula is C11H20N2O2. The minimum atomic E-state index is -0.685. The standard InChI is InChI=1S/C11H20N2O2/c1-8(5-11(14)15)13-4-2-3-9-6-12-7-10(9)13/h8-10,12H,2-7H2,1H3,(H,14,15). The number of hydrogen-bond donors (Lipinski definition) is 2. The third kappa shape index (κ3) is 2.32. The van der Waals surface area contributed by atoms with Crippen molar-refractivity contribution in [2.75, 3.05) is 19.6 Å². The second kappa shape index (κ2) is 4.49. The van der Waals surface area contributed by atoms with E-state index in [-0.39, 0.29) is 12.5 Å². The molecule has 3 unspecified atom stereocenters. The van der Waals surface area contributed by atoms with E-state index in [0.29, 0.717) is 6.04 Å². The Morgan fingerprint density at radius 2 is 2.40 bits per heavy atom. The van der Waals surface area contributed by atoms with Crippen LogP contribution in [0.4, 0.5) is 0 Å². The molecule has 2 rings (SSSR count). The van der Waals surface area contributed by atoms with E-state index < -0.39 is 5.97 Å². The molecule has 4 heteroatoms. The first-order chi connectivity index (χ1) is 7.18. The van der Waals surface area contributed by atoms with E-state index in [1.807, 2.05) is 6.92 Å². The predicted molar refractivity (Wildman–Crippen MR) is 57.8 cm³/mol. The largest absolute Gasteiger partial charge is 0.481 e. The van der Waals surface area contributed by atoms with Gasteiger partial charge in [0.25, 0.3) is 0 Å². The molecule has 0 radical (unpaired) electrons. The molecule has 0 spiro atoms. The SMILES string of the molecule is CC(CC(=O)O)N1CCCC2CNCC21. The first kappa shape index (κ1) is 10.9. The lowest BCUT2D eigenvalue weighted by molar-refractivity contribution is -0.138. The number of carboxylic acids is 1. The van der Waals surface area contributed by atoms with Crippen LogP contribution in [0.5, 0.6) is 0 Å². The number of piperidine rings is 1. The summed E-state index contributed by atoms with van der Waals surface area (Å²) >= 11 is 0. The van der Waals surface area contributed by atoms with E-state index in [0.717, 1.165) is 25.6 Å². The third-order valence-electron chi connectivity index (χ3n) is 3.76. The average Bonchev–Trinajstić information content (AvgIpc) is 2.63. The van der Waals surface area contributed by atoms with Crippen LogP contribution < -0.4 is 5.32 Å². The molecule has 2 heterocycles. The number of rotatable bonds is 3. The molecule has 86 valence electrons. The van der Waals surface area contributed by atoms with Crippen LogP contribution >= 0.6 is 0 Å². The van der Waals surface area contributed by atoms with Gasteiger partial charge in [0.05, 0.1) is 6.42 Å². The Morgan fingerprint density at radius 3 is 3.13 bits per heavy atom. The minimum absolute atomic E-state index is 0.176. The maximum atomic E-state index is 10.7. The van der Waals surface area contributed by atoms with Crippen molar-refractivity contribution in [3.05, 3.63) is 0 Å². The molecule has 0 amide bonds. The van der Waals surface area contributed by atoms with Gasteiger partial charge in [-0.2, -0.15) is 0 Å². The van der Waals surface area contributed by atoms with Crippen molar-refractivity contribution in [1.82, 2.24) is 10.2 Å². The molecule has 0 aromatic carbocycles. The summed E-state index contributed by atoms with van der Waals surface area (Å²) in [6, 6.07) is 0.753. The smallest absolute Gasteiger partial charge is 0.304 e. The molecule has 0 aromatic rings. The molecule has 0 aliphatic carbocycles. The number of nitrogens with zero attached hydrogens (tertiary/aromatic N) is 1. The molecule has 0 aromatic heterocycles. The average molecular weight is 212 g/mol. The third-order valence-corrected chi connectivity index (χ3v) is 3.76. The number of carboxylic acid groups (broad SMARTS) is 1. The van der Waals surface area contributed by atoms with Crippen molar-refractivity contribution in [2.45, 2.75) is 38.3 Å². The van der Waals surface area contributed by atoms with Gasteiger partial charge in [-0.25, -0.2) is 0 Å². The summed E-state index contributed by atoms with van der Waals surface area (Å²) in [4.78, 5) is 13.1. The Morgan fingerprint density at radius 1 is 1.60 bits per heavy atom. The van der Waals surface area contributed by atoms with E-state index in [2.05, 4.69) is 10.2 Å². The molecule has 3 atom stereocenters. The highest BCUT2D eigenvalue weighted by Gasteiger charge is 2.37. The van der Waals surface area contributed by atoms with Gasteiger partial charge < -0.3 is 10.4 Å². The monoisotopic (exact) mass is 212 g/mol. The van der Waals surface area contributed by atoms with E-state index in [4.69, 9.17) is 5.11 Å². The van der Waals surface area contributed by atoms with Crippen molar-refractivity contribution in [2.24, 2.45) is 5.92 Å². The molecule has 15 heavy (non-hydrogen) atoms. The second-order valence-electron chi connectivity index (χ2n) is 4.81. The number of fused-ring (bicyclic) bond motifs is 1. The predicted octanol–water partition coefficient (Wildman–Crippen LogP) is 0.533. The fourth-order valence-electron chi connectivity index (χ4n) is 3.02. The minimum Gasteiger partial charge on any atom is -0.481 e. The zero-order valence-corrected chi connectivity index (χ0v) is 9.28. The summed E-state index contributed by atoms with van der Waals surface area (Å²) in [5.74, 6) is 0.0607. The fraction of sp³-hybridized carbons (Fsp3) is 0.909. The van der Waals surface area contributed by atoms with Gasteiger partial charge in [0, 0.05) is 18.6 Å². The molecule has 0 bridgehead atoms. The maximum absolute atomic E-state index is 10.7. The van der Waals surface area contributed by atoms with Gasteiger partial charge in [-0.15, -0.1) is 0 Å². The van der Waals surface area contributed by atoms with Crippen molar-refractivity contribution in [3.8, 4) is 0 Å². The van der Waals surface area contributed by atoms with Crippen molar-refractivity contribution < 1.29 is 9.90 Å². The second-order valence-corrected chi connectivity index (χ2v) is 4.81. The lowest BCUT2D eigenvalue weighted by Gasteiger charge is -2.40. The van der Waals surface area contributed by atoms with Crippen molar-refractivity contribution >= 4 is 5.97 Å². The van der Waals surface area contributed by atoms with Gasteiger partial charge in [-0.05, 0) is 38.8 Å². The molecule has 0 saturated carbocycles. The zero-order valence-electron chi connectivity index (χ0n) is 9.28. The normalized spacial score (nSPS) is 33.7. The number of likely N-dealkylation sites (tertiary alicyclic amines) is 1. The summed E-state index contributed by atoms with van der Waals surface area (Å²) < 4.78 is 0. The van der Waals surface area contributed by atoms with E-state index in [1.165, 1.54) is 12.8 Å². The summed E-state index contributed by atoms with van der Waals surface area (Å²) in [7, 11) is 0. The van der Waals surface area contributed by atoms with Crippen LogP contribution in [-0.4, -0.2) is 47.7 Å². The summed E-state index contributed by atoms with van der Waals surface area (Å²) in [6.45, 7) is 5.25. The molecule has 2 aliphatic rings. The van der Waals surface area contributed by atoms with Crippen LogP contribution in [-0.2, 0) is 4.79 Å². The highest BCUT2D eigenvalue weighted by atomic mass is 16.4. The first-order valence-corrected chi connectivity index (χ1v) is 5.86. The lowest BCUT2D eigenvalue weighted by Crippen LogP contribution is -2.50. The van der Waals surface area contributed by atoms with Gasteiger partial charge in [-0.1, -0.05) is 0 Å². The van der Waals surface area contributed by atoms with Crippen LogP contribution in [0.15, 0.2) is 0 Å². The number of carbonyl (C=O) groups is 1. The van der Waals surface area contributed by atoms with Crippen molar-refractivity contribution in [3.63, 3.8) is 0 Å². The number of hydrogen-bond acceptors (Lipinski definition) is 3. The maximum Gasteiger partial charge on any atom is 0.304 e. The molecule has 2 aliphatic heterocycles. The van der Waals surface area contributed by atoms with E-state index >= 15 is 0 Å². The molecule has 2 fully saturated rings. The summed E-state index contributed by atoms with van der Waals surface area (Å²) in [5.41, 5.74) is 0. The van der Waals surface area contributed by atoms with Crippen LogP contribution in [0.3, 0.4) is 0 Å². The van der Waals surface area contributed by atoms with Crippen LogP contribution in [0.2, 0.25) is 0 Å². The van der Waals surface area contributed by atoms with E-state index in [9.17, 15) is 4.79 Å². The zero-order chi connectivity index (χ0) is 10.8. The Labute approximate surface area is 90.6 Å². The number of aliphatic carboxylic acids is 1. The fourth-order valence-corrected chi connectivity index (χ4v) is 3.02. The van der Waals surface area contributed by atoms with Gasteiger partial charge >= 0.3 is 5.97 Å². The van der Waals surface area contributed by atoms with Gasteiger partial charge in [0.2, 0.25) is 0 Å². The molecular weight excluding hydrogens is 192 g/mol. The Hall–Kier alpha value is -0.610. The highest BCUT2D eigenvalue weighted by molar-refractivity contribution is 5.67. The van der Waals surface area contributed by atoms with Gasteiger partial charge in [0.1, 0.15) is 0 Å². The Balaban J connectivity index is 1.97. The highest BCUT2D eigenvalue weighted by Crippen LogP contribution is 2.28. The van der Waals surface area contributed by atoms with Crippen LogP contribution in [0.25, 0.3) is 0 Å². The molecule has 2 saturated heterocycles. The van der Waals surface area contributed by atoms with Crippen LogP contribution in [0, 0.1) is 5.92 Å². The van der Waals surface area contributed by atoms with Gasteiger partial charge in [-0.3, -0.25) is 9.69 Å². The topological polar surface area (TPSA) is 52.6 Å². The Bertz CT molecular complexity index is 245.